The number of rotatable bonds is 5. The number of methoxy groups -OCH3 is 1. The van der Waals surface area contributed by atoms with Gasteiger partial charge in [-0.2, -0.15) is 0 Å². The van der Waals surface area contributed by atoms with Crippen molar-refractivity contribution in [1.82, 2.24) is 0 Å². The van der Waals surface area contributed by atoms with Crippen LogP contribution in [0.15, 0.2) is 36.4 Å². The molecule has 2 heteroatoms. The summed E-state index contributed by atoms with van der Waals surface area (Å²) >= 11 is 0. The molecule has 0 unspecified atom stereocenters. The fourth-order valence-electron chi connectivity index (χ4n) is 2.35. The van der Waals surface area contributed by atoms with Crippen molar-refractivity contribution in [1.29, 1.82) is 0 Å². The highest BCUT2D eigenvalue weighted by Gasteiger charge is 2.02. The van der Waals surface area contributed by atoms with Gasteiger partial charge in [0.25, 0.3) is 0 Å². The molecule has 2 aromatic carbocycles. The first kappa shape index (κ1) is 14.6. The second-order valence-corrected chi connectivity index (χ2v) is 5.35. The summed E-state index contributed by atoms with van der Waals surface area (Å²) in [5.41, 5.74) is 7.72. The van der Waals surface area contributed by atoms with E-state index < -0.39 is 0 Å². The molecule has 1 N–H and O–H groups in total. The van der Waals surface area contributed by atoms with E-state index in [1.165, 1.54) is 27.8 Å². The van der Waals surface area contributed by atoms with Gasteiger partial charge in [-0.3, -0.25) is 0 Å². The third-order valence-corrected chi connectivity index (χ3v) is 3.67. The molecule has 0 saturated carbocycles. The largest absolute Gasteiger partial charge is 0.381 e. The summed E-state index contributed by atoms with van der Waals surface area (Å²) in [5.74, 6) is 0. The molecule has 0 aliphatic heterocycles. The van der Waals surface area contributed by atoms with E-state index in [9.17, 15) is 0 Å². The maximum absolute atomic E-state index is 5.17. The quantitative estimate of drug-likeness (QED) is 0.870. The van der Waals surface area contributed by atoms with E-state index in [4.69, 9.17) is 4.74 Å². The Labute approximate surface area is 121 Å². The number of aryl methyl sites for hydroxylation is 3. The minimum Gasteiger partial charge on any atom is -0.381 e. The maximum Gasteiger partial charge on any atom is 0.0713 e. The van der Waals surface area contributed by atoms with Gasteiger partial charge >= 0.3 is 0 Å². The number of anilines is 1. The summed E-state index contributed by atoms with van der Waals surface area (Å²) in [6.07, 6.45) is 0. The molecule has 0 spiro atoms. The summed E-state index contributed by atoms with van der Waals surface area (Å²) in [5, 5.41) is 3.49. The lowest BCUT2D eigenvalue weighted by molar-refractivity contribution is 0.185. The predicted molar refractivity (Wildman–Crippen MR) is 85.1 cm³/mol. The molecule has 20 heavy (non-hydrogen) atoms. The smallest absolute Gasteiger partial charge is 0.0713 e. The van der Waals surface area contributed by atoms with E-state index in [2.05, 4.69) is 62.5 Å². The van der Waals surface area contributed by atoms with Gasteiger partial charge in [0.05, 0.1) is 6.61 Å². The first-order valence-corrected chi connectivity index (χ1v) is 6.98. The summed E-state index contributed by atoms with van der Waals surface area (Å²) in [7, 11) is 1.72. The molecule has 0 atom stereocenters. The Balaban J connectivity index is 2.08. The summed E-state index contributed by atoms with van der Waals surface area (Å²) in [4.78, 5) is 0. The van der Waals surface area contributed by atoms with Crippen LogP contribution in [0.1, 0.15) is 27.8 Å². The topological polar surface area (TPSA) is 21.3 Å². The Morgan fingerprint density at radius 3 is 2.45 bits per heavy atom. The molecule has 0 saturated heterocycles. The molecular weight excluding hydrogens is 246 g/mol. The van der Waals surface area contributed by atoms with Crippen LogP contribution in [0.3, 0.4) is 0 Å². The molecule has 0 aromatic heterocycles. The predicted octanol–water partition coefficient (Wildman–Crippen LogP) is 4.37. The minimum atomic E-state index is 0.651. The van der Waals surface area contributed by atoms with Crippen LogP contribution in [0, 0.1) is 20.8 Å². The summed E-state index contributed by atoms with van der Waals surface area (Å²) < 4.78 is 5.17. The second-order valence-electron chi connectivity index (χ2n) is 5.35. The van der Waals surface area contributed by atoms with Gasteiger partial charge in [0.2, 0.25) is 0 Å². The number of hydrogen-bond donors (Lipinski definition) is 1. The van der Waals surface area contributed by atoms with Crippen LogP contribution < -0.4 is 5.32 Å². The SMILES string of the molecule is COCc1cccc(NCc2cc(C)c(C)cc2C)c1. The molecule has 0 bridgehead atoms. The normalized spacial score (nSPS) is 10.6. The zero-order valence-electron chi connectivity index (χ0n) is 12.8. The third kappa shape index (κ3) is 3.61. The maximum atomic E-state index is 5.17. The Morgan fingerprint density at radius 1 is 0.950 bits per heavy atom. The van der Waals surface area contributed by atoms with Crippen molar-refractivity contribution in [2.75, 3.05) is 12.4 Å². The van der Waals surface area contributed by atoms with E-state index in [1.807, 2.05) is 0 Å². The van der Waals surface area contributed by atoms with Crippen molar-refractivity contribution in [2.24, 2.45) is 0 Å². The van der Waals surface area contributed by atoms with Crippen molar-refractivity contribution in [3.05, 3.63) is 64.2 Å². The van der Waals surface area contributed by atoms with E-state index in [0.29, 0.717) is 6.61 Å². The average Bonchev–Trinajstić information content (AvgIpc) is 2.42. The van der Waals surface area contributed by atoms with Gasteiger partial charge < -0.3 is 10.1 Å². The number of hydrogen-bond acceptors (Lipinski definition) is 2. The zero-order valence-corrected chi connectivity index (χ0v) is 12.8. The fourth-order valence-corrected chi connectivity index (χ4v) is 2.35. The first-order chi connectivity index (χ1) is 9.60. The molecule has 2 rings (SSSR count). The number of nitrogens with one attached hydrogen (secondary N) is 1. The van der Waals surface area contributed by atoms with Gasteiger partial charge in [0.15, 0.2) is 0 Å². The highest BCUT2D eigenvalue weighted by atomic mass is 16.5. The van der Waals surface area contributed by atoms with Gasteiger partial charge in [0, 0.05) is 19.3 Å². The van der Waals surface area contributed by atoms with Gasteiger partial charge in [0.1, 0.15) is 0 Å². The van der Waals surface area contributed by atoms with Crippen LogP contribution >= 0.6 is 0 Å². The number of ether oxygens (including phenoxy) is 1. The van der Waals surface area contributed by atoms with Crippen LogP contribution in [0.5, 0.6) is 0 Å². The van der Waals surface area contributed by atoms with Crippen LogP contribution in [-0.4, -0.2) is 7.11 Å². The number of benzene rings is 2. The molecule has 0 fully saturated rings. The van der Waals surface area contributed by atoms with Gasteiger partial charge in [-0.1, -0.05) is 24.3 Å². The van der Waals surface area contributed by atoms with Crippen molar-refractivity contribution in [3.8, 4) is 0 Å². The summed E-state index contributed by atoms with van der Waals surface area (Å²) in [6, 6.07) is 12.9. The Bertz CT molecular complexity index is 590. The molecular formula is C18H23NO. The zero-order chi connectivity index (χ0) is 14.5. The van der Waals surface area contributed by atoms with Gasteiger partial charge in [-0.05, 0) is 60.7 Å². The van der Waals surface area contributed by atoms with Crippen LogP contribution in [-0.2, 0) is 17.9 Å². The van der Waals surface area contributed by atoms with Crippen molar-refractivity contribution >= 4 is 5.69 Å². The van der Waals surface area contributed by atoms with E-state index in [-0.39, 0.29) is 0 Å². The Hall–Kier alpha value is -1.80. The second kappa shape index (κ2) is 6.58. The van der Waals surface area contributed by atoms with Crippen LogP contribution in [0.4, 0.5) is 5.69 Å². The molecule has 106 valence electrons. The third-order valence-electron chi connectivity index (χ3n) is 3.67. The molecule has 0 aliphatic carbocycles. The highest BCUT2D eigenvalue weighted by Crippen LogP contribution is 2.18. The Morgan fingerprint density at radius 2 is 1.70 bits per heavy atom. The monoisotopic (exact) mass is 269 g/mol. The summed E-state index contributed by atoms with van der Waals surface area (Å²) in [6.45, 7) is 8.00. The van der Waals surface area contributed by atoms with E-state index in [1.54, 1.807) is 7.11 Å². The van der Waals surface area contributed by atoms with E-state index >= 15 is 0 Å². The van der Waals surface area contributed by atoms with Crippen molar-refractivity contribution < 1.29 is 4.74 Å². The lowest BCUT2D eigenvalue weighted by atomic mass is 10.0. The molecule has 0 amide bonds. The van der Waals surface area contributed by atoms with Gasteiger partial charge in [-0.25, -0.2) is 0 Å². The van der Waals surface area contributed by atoms with Crippen LogP contribution in [0.25, 0.3) is 0 Å². The lowest BCUT2D eigenvalue weighted by Gasteiger charge is -2.12. The molecule has 0 aliphatic rings. The molecule has 2 nitrogen and oxygen atoms in total. The minimum absolute atomic E-state index is 0.651. The first-order valence-electron chi connectivity index (χ1n) is 6.98. The lowest BCUT2D eigenvalue weighted by Crippen LogP contribution is -2.03. The van der Waals surface area contributed by atoms with Crippen molar-refractivity contribution in [3.63, 3.8) is 0 Å². The Kier molecular flexibility index (Phi) is 4.80. The van der Waals surface area contributed by atoms with Crippen LogP contribution in [0.2, 0.25) is 0 Å². The highest BCUT2D eigenvalue weighted by molar-refractivity contribution is 5.47. The molecule has 0 heterocycles. The van der Waals surface area contributed by atoms with E-state index in [0.717, 1.165) is 12.2 Å². The average molecular weight is 269 g/mol. The molecule has 0 radical (unpaired) electrons. The molecule has 2 aromatic rings. The van der Waals surface area contributed by atoms with Gasteiger partial charge in [-0.15, -0.1) is 0 Å². The fraction of sp³-hybridized carbons (Fsp3) is 0.333. The van der Waals surface area contributed by atoms with Crippen molar-refractivity contribution in [2.45, 2.75) is 33.9 Å². The standard InChI is InChI=1S/C18H23NO/c1-13-8-15(3)17(9-14(13)2)11-19-18-7-5-6-16(10-18)12-20-4/h5-10,19H,11-12H2,1-4H3.